The van der Waals surface area contributed by atoms with E-state index in [1.54, 1.807) is 12.1 Å². The van der Waals surface area contributed by atoms with E-state index in [4.69, 9.17) is 4.74 Å². The number of phenols is 1. The molecule has 0 amide bonds. The molecule has 2 aliphatic heterocycles. The Kier molecular flexibility index (Phi) is 6.49. The van der Waals surface area contributed by atoms with Crippen LogP contribution in [0.25, 0.3) is 32.8 Å². The molecule has 0 bridgehead atoms. The maximum Gasteiger partial charge on any atom is 0.319 e. The molecule has 220 valence electrons. The predicted molar refractivity (Wildman–Crippen MR) is 158 cm³/mol. The number of aromatic nitrogens is 2. The summed E-state index contributed by atoms with van der Waals surface area (Å²) in [5.41, 5.74) is 1.78. The molecule has 0 unspecified atom stereocenters. The van der Waals surface area contributed by atoms with Gasteiger partial charge in [0.25, 0.3) is 0 Å². The smallest absolute Gasteiger partial charge is 0.319 e. The molecule has 9 heteroatoms. The summed E-state index contributed by atoms with van der Waals surface area (Å²) in [6.45, 7) is 3.35. The zero-order chi connectivity index (χ0) is 29.3. The number of ether oxygens (including phenoxy) is 1. The fourth-order valence-corrected chi connectivity index (χ4v) is 7.30. The maximum atomic E-state index is 17.0. The van der Waals surface area contributed by atoms with E-state index in [0.717, 1.165) is 37.8 Å². The molecule has 0 radical (unpaired) electrons. The standard InChI is InChI=1S/C33H35F3N4O2/c1-4-22-26(35)9-8-19-12-21(41)13-24(27(19)22)28-23(18-6-7-18)14-25-30(29(28)36)37-32(38-31(25)39(2)3)42-17-33-10-5-11-40(33)16-20(34)15-33/h8-9,12-14,18,20,41H,4-7,10-11,15-17H2,1-3H3/t20-,33+/m1/s1. The number of aromatic hydroxyl groups is 1. The number of benzene rings is 3. The quantitative estimate of drug-likeness (QED) is 0.258. The average molecular weight is 577 g/mol. The number of fused-ring (bicyclic) bond motifs is 3. The highest BCUT2D eigenvalue weighted by Gasteiger charge is 2.49. The fraction of sp³-hybridized carbons (Fsp3) is 0.455. The summed E-state index contributed by atoms with van der Waals surface area (Å²) in [5.74, 6) is -0.255. The van der Waals surface area contributed by atoms with Crippen LogP contribution in [-0.4, -0.2) is 65.5 Å². The third-order valence-corrected chi connectivity index (χ3v) is 9.37. The molecule has 0 spiro atoms. The number of nitrogens with zero attached hydrogens (tertiary/aromatic N) is 4. The number of anilines is 1. The van der Waals surface area contributed by atoms with Crippen molar-refractivity contribution in [3.8, 4) is 22.9 Å². The molecule has 42 heavy (non-hydrogen) atoms. The molecule has 1 N–H and O–H groups in total. The number of hydrogen-bond donors (Lipinski definition) is 1. The summed E-state index contributed by atoms with van der Waals surface area (Å²) >= 11 is 0. The topological polar surface area (TPSA) is 61.7 Å². The van der Waals surface area contributed by atoms with Crippen LogP contribution in [-0.2, 0) is 6.42 Å². The van der Waals surface area contributed by atoms with Crippen molar-refractivity contribution in [2.24, 2.45) is 0 Å². The zero-order valence-corrected chi connectivity index (χ0v) is 24.2. The van der Waals surface area contributed by atoms with E-state index < -0.39 is 17.5 Å². The van der Waals surface area contributed by atoms with Crippen molar-refractivity contribution >= 4 is 27.5 Å². The molecule has 6 nitrogen and oxygen atoms in total. The molecule has 1 aliphatic carbocycles. The predicted octanol–water partition coefficient (Wildman–Crippen LogP) is 6.89. The van der Waals surface area contributed by atoms with E-state index >= 15 is 8.78 Å². The Balaban J connectivity index is 1.43. The van der Waals surface area contributed by atoms with Crippen LogP contribution in [0.4, 0.5) is 19.0 Å². The number of alkyl halides is 1. The van der Waals surface area contributed by atoms with Crippen molar-refractivity contribution in [1.29, 1.82) is 0 Å². The number of phenolic OH excluding ortho intramolecular Hbond substituents is 1. The normalized spacial score (nSPS) is 22.3. The summed E-state index contributed by atoms with van der Waals surface area (Å²) in [4.78, 5) is 13.2. The highest BCUT2D eigenvalue weighted by Crippen LogP contribution is 2.50. The summed E-state index contributed by atoms with van der Waals surface area (Å²) in [5, 5.41) is 12.5. The summed E-state index contributed by atoms with van der Waals surface area (Å²) in [7, 11) is 3.69. The lowest BCUT2D eigenvalue weighted by molar-refractivity contribution is 0.107. The van der Waals surface area contributed by atoms with Crippen molar-refractivity contribution < 1.29 is 23.0 Å². The van der Waals surface area contributed by atoms with Gasteiger partial charge in [-0.2, -0.15) is 9.97 Å². The second-order valence-electron chi connectivity index (χ2n) is 12.4. The lowest BCUT2D eigenvalue weighted by Gasteiger charge is -2.31. The van der Waals surface area contributed by atoms with Crippen molar-refractivity contribution in [3.05, 3.63) is 53.1 Å². The van der Waals surface area contributed by atoms with Gasteiger partial charge in [0, 0.05) is 38.0 Å². The van der Waals surface area contributed by atoms with E-state index in [9.17, 15) is 9.50 Å². The lowest BCUT2D eigenvalue weighted by Crippen LogP contribution is -2.43. The Morgan fingerprint density at radius 1 is 1.14 bits per heavy atom. The van der Waals surface area contributed by atoms with Gasteiger partial charge < -0.3 is 14.7 Å². The first kappa shape index (κ1) is 27.3. The van der Waals surface area contributed by atoms with Gasteiger partial charge in [-0.1, -0.05) is 13.0 Å². The molecule has 1 saturated carbocycles. The molecule has 2 saturated heterocycles. The molecule has 3 aromatic carbocycles. The molecular formula is C33H35F3N4O2. The van der Waals surface area contributed by atoms with Gasteiger partial charge in [-0.15, -0.1) is 0 Å². The van der Waals surface area contributed by atoms with E-state index in [-0.39, 0.29) is 35.6 Å². The van der Waals surface area contributed by atoms with Crippen LogP contribution in [0.15, 0.2) is 30.3 Å². The van der Waals surface area contributed by atoms with E-state index in [2.05, 4.69) is 14.9 Å². The van der Waals surface area contributed by atoms with Gasteiger partial charge in [-0.3, -0.25) is 4.90 Å². The summed E-state index contributed by atoms with van der Waals surface area (Å²) in [6.07, 6.45) is 3.58. The minimum atomic E-state index is -0.889. The van der Waals surface area contributed by atoms with Crippen LogP contribution >= 0.6 is 0 Å². The highest BCUT2D eigenvalue weighted by molar-refractivity contribution is 6.04. The zero-order valence-electron chi connectivity index (χ0n) is 24.2. The van der Waals surface area contributed by atoms with Gasteiger partial charge in [0.05, 0.1) is 5.54 Å². The van der Waals surface area contributed by atoms with Gasteiger partial charge >= 0.3 is 6.01 Å². The molecule has 3 fully saturated rings. The van der Waals surface area contributed by atoms with E-state index in [1.807, 2.05) is 32.0 Å². The minimum Gasteiger partial charge on any atom is -0.508 e. The van der Waals surface area contributed by atoms with Crippen LogP contribution in [0.1, 0.15) is 56.1 Å². The molecule has 4 aromatic rings. The Morgan fingerprint density at radius 2 is 1.95 bits per heavy atom. The lowest BCUT2D eigenvalue weighted by atomic mass is 9.88. The van der Waals surface area contributed by atoms with E-state index in [1.165, 1.54) is 12.1 Å². The molecule has 1 aromatic heterocycles. The molecule has 2 atom stereocenters. The van der Waals surface area contributed by atoms with Crippen LogP contribution in [0, 0.1) is 11.6 Å². The van der Waals surface area contributed by atoms with Crippen molar-refractivity contribution in [1.82, 2.24) is 14.9 Å². The van der Waals surface area contributed by atoms with Crippen molar-refractivity contribution in [3.63, 3.8) is 0 Å². The molecule has 3 aliphatic rings. The SMILES string of the molecule is CCc1c(F)ccc2cc(O)cc(-c3c(C4CC4)cc4c(N(C)C)nc(OC[C@@]56CCCN5C[C@H](F)C6)nc4c3F)c12. The average Bonchev–Trinajstić information content (AvgIpc) is 3.66. The van der Waals surface area contributed by atoms with Gasteiger partial charge in [0.1, 0.15) is 35.7 Å². The van der Waals surface area contributed by atoms with Gasteiger partial charge in [-0.25, -0.2) is 13.2 Å². The fourth-order valence-electron chi connectivity index (χ4n) is 7.30. The van der Waals surface area contributed by atoms with Crippen LogP contribution < -0.4 is 9.64 Å². The molecule has 7 rings (SSSR count). The van der Waals surface area contributed by atoms with Crippen LogP contribution in [0.5, 0.6) is 11.8 Å². The number of rotatable bonds is 7. The molecular weight excluding hydrogens is 541 g/mol. The summed E-state index contributed by atoms with van der Waals surface area (Å²) in [6, 6.07) is 8.13. The Bertz CT molecular complexity index is 1720. The van der Waals surface area contributed by atoms with Crippen molar-refractivity contribution in [2.75, 3.05) is 38.7 Å². The monoisotopic (exact) mass is 576 g/mol. The number of halogens is 3. The highest BCUT2D eigenvalue weighted by atomic mass is 19.1. The van der Waals surface area contributed by atoms with Crippen LogP contribution in [0.3, 0.4) is 0 Å². The van der Waals surface area contributed by atoms with Gasteiger partial charge in [0.2, 0.25) is 0 Å². The largest absolute Gasteiger partial charge is 0.508 e. The second kappa shape index (κ2) is 10.0. The Hall–Kier alpha value is -3.59. The molecule has 3 heterocycles. The third kappa shape index (κ3) is 4.35. The summed E-state index contributed by atoms with van der Waals surface area (Å²) < 4.78 is 52.6. The van der Waals surface area contributed by atoms with Crippen molar-refractivity contribution in [2.45, 2.75) is 63.1 Å². The number of hydrogen-bond acceptors (Lipinski definition) is 6. The van der Waals surface area contributed by atoms with Gasteiger partial charge in [0.15, 0.2) is 5.82 Å². The first-order valence-corrected chi connectivity index (χ1v) is 14.9. The van der Waals surface area contributed by atoms with Crippen LogP contribution in [0.2, 0.25) is 0 Å². The van der Waals surface area contributed by atoms with E-state index in [0.29, 0.717) is 58.1 Å². The Labute approximate surface area is 243 Å². The first-order chi connectivity index (χ1) is 20.2. The Morgan fingerprint density at radius 3 is 2.69 bits per heavy atom. The third-order valence-electron chi connectivity index (χ3n) is 9.37. The number of aryl methyl sites for hydroxylation is 1. The first-order valence-electron chi connectivity index (χ1n) is 14.9. The second-order valence-corrected chi connectivity index (χ2v) is 12.4. The van der Waals surface area contributed by atoms with Gasteiger partial charge in [-0.05, 0) is 96.3 Å². The maximum absolute atomic E-state index is 17.0. The minimum absolute atomic E-state index is 0.0174.